The smallest absolute Gasteiger partial charge is 0.416 e. The van der Waals surface area contributed by atoms with Crippen molar-refractivity contribution in [2.75, 3.05) is 13.2 Å². The normalized spacial score (nSPS) is 19.6. The Morgan fingerprint density at radius 3 is 2.62 bits per heavy atom. The van der Waals surface area contributed by atoms with E-state index in [-0.39, 0.29) is 18.5 Å². The fourth-order valence-electron chi connectivity index (χ4n) is 1.16. The molecular formula is C10H9F3O3. The van der Waals surface area contributed by atoms with Crippen molar-refractivity contribution in [2.24, 2.45) is 0 Å². The number of hydrogen-bond acceptors (Lipinski definition) is 3. The van der Waals surface area contributed by atoms with E-state index in [0.717, 1.165) is 12.1 Å². The number of epoxide rings is 1. The van der Waals surface area contributed by atoms with Crippen LogP contribution in [0, 0.1) is 0 Å². The van der Waals surface area contributed by atoms with Crippen molar-refractivity contribution in [1.29, 1.82) is 0 Å². The predicted octanol–water partition coefficient (Wildman–Crippen LogP) is 2.19. The molecule has 1 aliphatic heterocycles. The van der Waals surface area contributed by atoms with Crippen LogP contribution >= 0.6 is 0 Å². The highest BCUT2D eigenvalue weighted by Crippen LogP contribution is 2.35. The summed E-state index contributed by atoms with van der Waals surface area (Å²) in [5.74, 6) is -0.487. The lowest BCUT2D eigenvalue weighted by atomic mass is 10.2. The Morgan fingerprint density at radius 1 is 1.44 bits per heavy atom. The van der Waals surface area contributed by atoms with Crippen molar-refractivity contribution in [2.45, 2.75) is 12.3 Å². The highest BCUT2D eigenvalue weighted by molar-refractivity contribution is 5.42. The van der Waals surface area contributed by atoms with Crippen molar-refractivity contribution in [3.05, 3.63) is 23.8 Å². The Bertz CT molecular complexity index is 385. The van der Waals surface area contributed by atoms with Gasteiger partial charge in [0, 0.05) is 0 Å². The first kappa shape index (κ1) is 11.1. The van der Waals surface area contributed by atoms with Gasteiger partial charge in [0.25, 0.3) is 0 Å². The number of phenolic OH excluding ortho intramolecular Hbond substituents is 1. The molecule has 0 bridgehead atoms. The predicted molar refractivity (Wildman–Crippen MR) is 48.3 cm³/mol. The molecule has 16 heavy (non-hydrogen) atoms. The summed E-state index contributed by atoms with van der Waals surface area (Å²) in [5, 5.41) is 9.32. The molecule has 0 aromatic heterocycles. The second kappa shape index (κ2) is 3.86. The molecule has 0 amide bonds. The van der Waals surface area contributed by atoms with Gasteiger partial charge in [-0.3, -0.25) is 0 Å². The molecule has 0 aliphatic carbocycles. The van der Waals surface area contributed by atoms with E-state index in [2.05, 4.69) is 0 Å². The Morgan fingerprint density at radius 2 is 2.12 bits per heavy atom. The van der Waals surface area contributed by atoms with Crippen LogP contribution in [0.25, 0.3) is 0 Å². The van der Waals surface area contributed by atoms with E-state index in [1.807, 2.05) is 0 Å². The van der Waals surface area contributed by atoms with Crippen molar-refractivity contribution in [1.82, 2.24) is 0 Å². The molecule has 0 radical (unpaired) electrons. The van der Waals surface area contributed by atoms with Gasteiger partial charge in [-0.25, -0.2) is 0 Å². The van der Waals surface area contributed by atoms with Crippen molar-refractivity contribution in [3.8, 4) is 11.5 Å². The number of halogens is 3. The molecule has 1 fully saturated rings. The van der Waals surface area contributed by atoms with Gasteiger partial charge in [0.05, 0.1) is 12.2 Å². The van der Waals surface area contributed by atoms with Gasteiger partial charge in [0.15, 0.2) is 11.5 Å². The van der Waals surface area contributed by atoms with Gasteiger partial charge in [0.2, 0.25) is 0 Å². The topological polar surface area (TPSA) is 42.0 Å². The van der Waals surface area contributed by atoms with Crippen LogP contribution in [-0.4, -0.2) is 24.4 Å². The lowest BCUT2D eigenvalue weighted by Gasteiger charge is -2.10. The SMILES string of the molecule is Oc1cc(C(F)(F)F)ccc1OC[C@H]1CO1. The van der Waals surface area contributed by atoms with E-state index in [0.29, 0.717) is 12.7 Å². The molecule has 6 heteroatoms. The maximum absolute atomic E-state index is 12.3. The molecule has 1 N–H and O–H groups in total. The maximum atomic E-state index is 12.3. The first-order valence-electron chi connectivity index (χ1n) is 4.61. The number of hydrogen-bond donors (Lipinski definition) is 1. The summed E-state index contributed by atoms with van der Waals surface area (Å²) in [6.07, 6.45) is -4.48. The fourth-order valence-corrected chi connectivity index (χ4v) is 1.16. The zero-order valence-corrected chi connectivity index (χ0v) is 8.12. The highest BCUT2D eigenvalue weighted by atomic mass is 19.4. The van der Waals surface area contributed by atoms with Crippen LogP contribution in [0.5, 0.6) is 11.5 Å². The summed E-state index contributed by atoms with van der Waals surface area (Å²) < 4.78 is 46.7. The standard InChI is InChI=1S/C10H9F3O3/c11-10(12,13)6-1-2-9(8(14)3-6)16-5-7-4-15-7/h1-3,7,14H,4-5H2/t7-/m1/s1. The lowest BCUT2D eigenvalue weighted by Crippen LogP contribution is -2.07. The van der Waals surface area contributed by atoms with E-state index in [1.54, 1.807) is 0 Å². The molecule has 2 rings (SSSR count). The second-order valence-corrected chi connectivity index (χ2v) is 3.45. The van der Waals surface area contributed by atoms with Crippen LogP contribution in [0.3, 0.4) is 0 Å². The number of aromatic hydroxyl groups is 1. The minimum Gasteiger partial charge on any atom is -0.504 e. The van der Waals surface area contributed by atoms with Crippen LogP contribution in [0.2, 0.25) is 0 Å². The molecule has 1 atom stereocenters. The van der Waals surface area contributed by atoms with E-state index in [1.165, 1.54) is 0 Å². The molecule has 3 nitrogen and oxygen atoms in total. The lowest BCUT2D eigenvalue weighted by molar-refractivity contribution is -0.137. The highest BCUT2D eigenvalue weighted by Gasteiger charge is 2.31. The summed E-state index contributed by atoms with van der Waals surface area (Å²) in [4.78, 5) is 0. The number of rotatable bonds is 3. The van der Waals surface area contributed by atoms with E-state index in [9.17, 15) is 18.3 Å². The minimum absolute atomic E-state index is 0.0123. The number of phenols is 1. The van der Waals surface area contributed by atoms with Crippen molar-refractivity contribution in [3.63, 3.8) is 0 Å². The zero-order valence-electron chi connectivity index (χ0n) is 8.12. The Labute approximate surface area is 89.4 Å². The Balaban J connectivity index is 2.09. The maximum Gasteiger partial charge on any atom is 0.416 e. The summed E-state index contributed by atoms with van der Waals surface area (Å²) in [6, 6.07) is 2.60. The first-order valence-corrected chi connectivity index (χ1v) is 4.61. The summed E-state index contributed by atoms with van der Waals surface area (Å²) in [6.45, 7) is 0.820. The van der Waals surface area contributed by atoms with Gasteiger partial charge in [-0.15, -0.1) is 0 Å². The number of alkyl halides is 3. The minimum atomic E-state index is -4.46. The van der Waals surface area contributed by atoms with Gasteiger partial charge in [-0.1, -0.05) is 0 Å². The summed E-state index contributed by atoms with van der Waals surface area (Å²) in [5.41, 5.74) is -0.903. The first-order chi connectivity index (χ1) is 7.47. The van der Waals surface area contributed by atoms with Crippen LogP contribution in [0.1, 0.15) is 5.56 Å². The summed E-state index contributed by atoms with van der Waals surface area (Å²) in [7, 11) is 0. The molecule has 0 saturated carbocycles. The molecule has 1 aromatic carbocycles. The molecule has 1 heterocycles. The van der Waals surface area contributed by atoms with Crippen molar-refractivity contribution >= 4 is 0 Å². The second-order valence-electron chi connectivity index (χ2n) is 3.45. The van der Waals surface area contributed by atoms with Crippen molar-refractivity contribution < 1.29 is 27.8 Å². The Hall–Kier alpha value is -1.43. The van der Waals surface area contributed by atoms with Crippen LogP contribution in [0.4, 0.5) is 13.2 Å². The molecular weight excluding hydrogens is 225 g/mol. The molecule has 88 valence electrons. The third kappa shape index (κ3) is 2.57. The van der Waals surface area contributed by atoms with Gasteiger partial charge in [0.1, 0.15) is 12.7 Å². The average Bonchev–Trinajstić information content (AvgIpc) is 2.98. The molecule has 0 spiro atoms. The van der Waals surface area contributed by atoms with Crippen LogP contribution in [-0.2, 0) is 10.9 Å². The van der Waals surface area contributed by atoms with E-state index >= 15 is 0 Å². The van der Waals surface area contributed by atoms with Gasteiger partial charge in [-0.2, -0.15) is 13.2 Å². The quantitative estimate of drug-likeness (QED) is 0.815. The zero-order chi connectivity index (χ0) is 11.8. The van der Waals surface area contributed by atoms with Crippen LogP contribution < -0.4 is 4.74 Å². The van der Waals surface area contributed by atoms with Crippen LogP contribution in [0.15, 0.2) is 18.2 Å². The molecule has 1 aliphatic rings. The number of ether oxygens (including phenoxy) is 2. The monoisotopic (exact) mass is 234 g/mol. The fraction of sp³-hybridized carbons (Fsp3) is 0.400. The van der Waals surface area contributed by atoms with Gasteiger partial charge < -0.3 is 14.6 Å². The third-order valence-corrected chi connectivity index (χ3v) is 2.11. The average molecular weight is 234 g/mol. The molecule has 0 unspecified atom stereocenters. The number of benzene rings is 1. The summed E-state index contributed by atoms with van der Waals surface area (Å²) >= 11 is 0. The Kier molecular flexibility index (Phi) is 2.67. The third-order valence-electron chi connectivity index (χ3n) is 2.11. The van der Waals surface area contributed by atoms with Gasteiger partial charge >= 0.3 is 6.18 Å². The van der Waals surface area contributed by atoms with E-state index < -0.39 is 17.5 Å². The molecule has 1 aromatic rings. The molecule has 1 saturated heterocycles. The van der Waals surface area contributed by atoms with E-state index in [4.69, 9.17) is 9.47 Å². The largest absolute Gasteiger partial charge is 0.504 e. The van der Waals surface area contributed by atoms with Gasteiger partial charge in [-0.05, 0) is 18.2 Å².